The van der Waals surface area contributed by atoms with Crippen LogP contribution in [-0.4, -0.2) is 68.6 Å². The summed E-state index contributed by atoms with van der Waals surface area (Å²) in [6.07, 6.45) is 0. The molecule has 0 bridgehead atoms. The van der Waals surface area contributed by atoms with Gasteiger partial charge in [-0.2, -0.15) is 0 Å². The summed E-state index contributed by atoms with van der Waals surface area (Å²) in [4.78, 5) is 27.5. The smallest absolute Gasteiger partial charge is 0.257 e. The van der Waals surface area contributed by atoms with Gasteiger partial charge in [-0.15, -0.1) is 0 Å². The average Bonchev–Trinajstić information content (AvgIpc) is 2.59. The van der Waals surface area contributed by atoms with Crippen molar-refractivity contribution in [1.29, 1.82) is 0 Å². The Morgan fingerprint density at radius 1 is 1.09 bits per heavy atom. The molecule has 120 valence electrons. The molecule has 1 saturated heterocycles. The van der Waals surface area contributed by atoms with Gasteiger partial charge >= 0.3 is 0 Å². The molecule has 0 unspecified atom stereocenters. The SMILES string of the molecule is COc1ccc(C(=O)N2CCN(C(=O)CN)CC2)c(OC)c1. The number of carbonyl (C=O) groups excluding carboxylic acids is 2. The third kappa shape index (κ3) is 3.30. The molecule has 7 heteroatoms. The zero-order chi connectivity index (χ0) is 16.1. The Labute approximate surface area is 129 Å². The van der Waals surface area contributed by atoms with Gasteiger partial charge in [-0.1, -0.05) is 0 Å². The lowest BCUT2D eigenvalue weighted by molar-refractivity contribution is -0.131. The van der Waals surface area contributed by atoms with Gasteiger partial charge in [0.2, 0.25) is 5.91 Å². The highest BCUT2D eigenvalue weighted by molar-refractivity contribution is 5.97. The quantitative estimate of drug-likeness (QED) is 0.843. The number of ether oxygens (including phenoxy) is 2. The fourth-order valence-electron chi connectivity index (χ4n) is 2.43. The second-order valence-electron chi connectivity index (χ2n) is 4.94. The molecule has 2 N–H and O–H groups in total. The van der Waals surface area contributed by atoms with E-state index in [9.17, 15) is 9.59 Å². The second kappa shape index (κ2) is 7.13. The van der Waals surface area contributed by atoms with E-state index in [1.165, 1.54) is 7.11 Å². The first-order valence-corrected chi connectivity index (χ1v) is 7.09. The summed E-state index contributed by atoms with van der Waals surface area (Å²) < 4.78 is 10.4. The number of piperazine rings is 1. The van der Waals surface area contributed by atoms with Crippen LogP contribution in [0.15, 0.2) is 18.2 Å². The zero-order valence-corrected chi connectivity index (χ0v) is 12.9. The Morgan fingerprint density at radius 3 is 2.27 bits per heavy atom. The molecule has 0 saturated carbocycles. The van der Waals surface area contributed by atoms with E-state index in [4.69, 9.17) is 15.2 Å². The fourth-order valence-corrected chi connectivity index (χ4v) is 2.43. The Morgan fingerprint density at radius 2 is 1.73 bits per heavy atom. The van der Waals surface area contributed by atoms with Crippen molar-refractivity contribution in [1.82, 2.24) is 9.80 Å². The highest BCUT2D eigenvalue weighted by atomic mass is 16.5. The molecule has 1 aromatic rings. The minimum Gasteiger partial charge on any atom is -0.497 e. The standard InChI is InChI=1S/C15H21N3O4/c1-21-11-3-4-12(13(9-11)22-2)15(20)18-7-5-17(6-8-18)14(19)10-16/h3-4,9H,5-8,10,16H2,1-2H3. The van der Waals surface area contributed by atoms with Crippen LogP contribution in [-0.2, 0) is 4.79 Å². The van der Waals surface area contributed by atoms with Crippen LogP contribution in [0.3, 0.4) is 0 Å². The molecule has 1 heterocycles. The summed E-state index contributed by atoms with van der Waals surface area (Å²) in [6, 6.07) is 5.10. The molecule has 1 fully saturated rings. The van der Waals surface area contributed by atoms with Gasteiger partial charge in [-0.05, 0) is 12.1 Å². The van der Waals surface area contributed by atoms with Gasteiger partial charge in [0.15, 0.2) is 0 Å². The van der Waals surface area contributed by atoms with Crippen molar-refractivity contribution in [2.45, 2.75) is 0 Å². The molecule has 0 aliphatic carbocycles. The van der Waals surface area contributed by atoms with E-state index in [0.717, 1.165) is 0 Å². The molecule has 0 radical (unpaired) electrons. The van der Waals surface area contributed by atoms with E-state index in [1.54, 1.807) is 35.1 Å². The predicted octanol–water partition coefficient (Wildman–Crippen LogP) is -0.0531. The molecule has 1 aliphatic rings. The summed E-state index contributed by atoms with van der Waals surface area (Å²) in [6.45, 7) is 1.97. The maximum absolute atomic E-state index is 12.6. The van der Waals surface area contributed by atoms with Crippen molar-refractivity contribution in [2.24, 2.45) is 5.73 Å². The van der Waals surface area contributed by atoms with Crippen molar-refractivity contribution in [3.05, 3.63) is 23.8 Å². The molecule has 0 spiro atoms. The molecule has 22 heavy (non-hydrogen) atoms. The third-order valence-electron chi connectivity index (χ3n) is 3.73. The number of carbonyl (C=O) groups is 2. The van der Waals surface area contributed by atoms with Gasteiger partial charge in [0.25, 0.3) is 5.91 Å². The van der Waals surface area contributed by atoms with Gasteiger partial charge in [0.1, 0.15) is 11.5 Å². The van der Waals surface area contributed by atoms with E-state index >= 15 is 0 Å². The Hall–Kier alpha value is -2.28. The lowest BCUT2D eigenvalue weighted by atomic mass is 10.1. The molecule has 2 amide bonds. The lowest BCUT2D eigenvalue weighted by Gasteiger charge is -2.34. The zero-order valence-electron chi connectivity index (χ0n) is 12.9. The first-order chi connectivity index (χ1) is 10.6. The molecule has 7 nitrogen and oxygen atoms in total. The normalized spacial score (nSPS) is 14.7. The third-order valence-corrected chi connectivity index (χ3v) is 3.73. The summed E-state index contributed by atoms with van der Waals surface area (Å²) >= 11 is 0. The summed E-state index contributed by atoms with van der Waals surface area (Å²) in [5, 5.41) is 0. The van der Waals surface area contributed by atoms with Crippen molar-refractivity contribution in [2.75, 3.05) is 46.9 Å². The van der Waals surface area contributed by atoms with Gasteiger partial charge in [0, 0.05) is 32.2 Å². The molecule has 2 rings (SSSR count). The predicted molar refractivity (Wildman–Crippen MR) is 81.1 cm³/mol. The highest BCUT2D eigenvalue weighted by Crippen LogP contribution is 2.26. The second-order valence-corrected chi connectivity index (χ2v) is 4.94. The first kappa shape index (κ1) is 16.1. The summed E-state index contributed by atoms with van der Waals surface area (Å²) in [5.74, 6) is 0.907. The van der Waals surface area contributed by atoms with Crippen molar-refractivity contribution in [3.63, 3.8) is 0 Å². The average molecular weight is 307 g/mol. The van der Waals surface area contributed by atoms with Gasteiger partial charge < -0.3 is 25.0 Å². The maximum atomic E-state index is 12.6. The molecule has 0 aromatic heterocycles. The van der Waals surface area contributed by atoms with Crippen LogP contribution in [0.25, 0.3) is 0 Å². The van der Waals surface area contributed by atoms with E-state index in [-0.39, 0.29) is 18.4 Å². The molecule has 1 aromatic carbocycles. The topological polar surface area (TPSA) is 85.1 Å². The van der Waals surface area contributed by atoms with Crippen molar-refractivity contribution < 1.29 is 19.1 Å². The van der Waals surface area contributed by atoms with E-state index in [2.05, 4.69) is 0 Å². The molecule has 1 aliphatic heterocycles. The monoisotopic (exact) mass is 307 g/mol. The minimum absolute atomic E-state index is 0.000247. The van der Waals surface area contributed by atoms with E-state index in [1.807, 2.05) is 0 Å². The summed E-state index contributed by atoms with van der Waals surface area (Å²) in [7, 11) is 3.08. The first-order valence-electron chi connectivity index (χ1n) is 7.09. The lowest BCUT2D eigenvalue weighted by Crippen LogP contribution is -2.51. The summed E-state index contributed by atoms with van der Waals surface area (Å²) in [5.41, 5.74) is 5.84. The number of rotatable bonds is 4. The van der Waals surface area contributed by atoms with Gasteiger partial charge in [-0.25, -0.2) is 0 Å². The van der Waals surface area contributed by atoms with Crippen LogP contribution in [0.2, 0.25) is 0 Å². The van der Waals surface area contributed by atoms with E-state index < -0.39 is 0 Å². The maximum Gasteiger partial charge on any atom is 0.257 e. The van der Waals surface area contributed by atoms with Gasteiger partial charge in [0.05, 0.1) is 26.3 Å². The van der Waals surface area contributed by atoms with Crippen molar-refractivity contribution in [3.8, 4) is 11.5 Å². The molecule has 0 atom stereocenters. The number of benzene rings is 1. The van der Waals surface area contributed by atoms with Crippen LogP contribution in [0.4, 0.5) is 0 Å². The van der Waals surface area contributed by atoms with Crippen molar-refractivity contribution >= 4 is 11.8 Å². The fraction of sp³-hybridized carbons (Fsp3) is 0.467. The van der Waals surface area contributed by atoms with Crippen LogP contribution in [0, 0.1) is 0 Å². The van der Waals surface area contributed by atoms with Crippen LogP contribution in [0.1, 0.15) is 10.4 Å². The van der Waals surface area contributed by atoms with Crippen LogP contribution in [0.5, 0.6) is 11.5 Å². The Balaban J connectivity index is 2.08. The largest absolute Gasteiger partial charge is 0.497 e. The highest BCUT2D eigenvalue weighted by Gasteiger charge is 2.26. The Kier molecular flexibility index (Phi) is 5.21. The molecular weight excluding hydrogens is 286 g/mol. The number of amides is 2. The van der Waals surface area contributed by atoms with E-state index in [0.29, 0.717) is 43.2 Å². The number of hydrogen-bond donors (Lipinski definition) is 1. The number of nitrogens with zero attached hydrogens (tertiary/aromatic N) is 2. The Bertz CT molecular complexity index is 554. The number of hydrogen-bond acceptors (Lipinski definition) is 5. The number of nitrogens with two attached hydrogens (primary N) is 1. The van der Waals surface area contributed by atoms with Gasteiger partial charge in [-0.3, -0.25) is 9.59 Å². The van der Waals surface area contributed by atoms with Crippen LogP contribution >= 0.6 is 0 Å². The minimum atomic E-state index is -0.112. The van der Waals surface area contributed by atoms with Crippen LogP contribution < -0.4 is 15.2 Å². The number of methoxy groups -OCH3 is 2. The molecular formula is C15H21N3O4.